The van der Waals surface area contributed by atoms with E-state index in [0.717, 1.165) is 31.2 Å². The second-order valence-corrected chi connectivity index (χ2v) is 10.1. The predicted octanol–water partition coefficient (Wildman–Crippen LogP) is 4.64. The number of aryl methyl sites for hydroxylation is 1. The number of hydrogen-bond donors (Lipinski definition) is 0. The van der Waals surface area contributed by atoms with Crippen LogP contribution in [0.4, 0.5) is 0 Å². The maximum atomic E-state index is 12.7. The monoisotopic (exact) mass is 300 g/mol. The number of methoxy groups -OCH3 is 1. The van der Waals surface area contributed by atoms with E-state index in [0.29, 0.717) is 11.6 Å². The van der Waals surface area contributed by atoms with Crippen LogP contribution in [0, 0.1) is 0 Å². The molecule has 3 atom stereocenters. The van der Waals surface area contributed by atoms with Crippen molar-refractivity contribution >= 4 is 17.9 Å². The molecule has 0 bridgehead atoms. The molecule has 2 aliphatic rings. The summed E-state index contributed by atoms with van der Waals surface area (Å²) in [6, 6.07) is 10.8. The zero-order valence-corrected chi connectivity index (χ0v) is 13.5. The molecule has 0 radical (unpaired) electrons. The van der Waals surface area contributed by atoms with E-state index in [9.17, 15) is 4.57 Å². The van der Waals surface area contributed by atoms with Crippen LogP contribution in [0.25, 0.3) is 10.8 Å². The molecule has 1 aliphatic heterocycles. The molecule has 21 heavy (non-hydrogen) atoms. The van der Waals surface area contributed by atoms with Gasteiger partial charge in [0.15, 0.2) is 0 Å². The molecular weight excluding hydrogens is 279 g/mol. The summed E-state index contributed by atoms with van der Waals surface area (Å²) in [5.41, 5.74) is 3.38. The molecule has 1 aliphatic carbocycles. The Morgan fingerprint density at radius 1 is 1.19 bits per heavy atom. The Morgan fingerprint density at radius 2 is 2.05 bits per heavy atom. The van der Waals surface area contributed by atoms with Crippen LogP contribution in [0.5, 0.6) is 5.75 Å². The van der Waals surface area contributed by atoms with Gasteiger partial charge in [0.1, 0.15) is 5.75 Å². The topological polar surface area (TPSA) is 26.3 Å². The largest absolute Gasteiger partial charge is 0.497 e. The number of hydrogen-bond acceptors (Lipinski definition) is 2. The van der Waals surface area contributed by atoms with Crippen LogP contribution in [0.15, 0.2) is 30.3 Å². The summed E-state index contributed by atoms with van der Waals surface area (Å²) in [4.78, 5) is 0. The molecule has 3 heteroatoms. The Labute approximate surface area is 125 Å². The predicted molar refractivity (Wildman–Crippen MR) is 88.4 cm³/mol. The van der Waals surface area contributed by atoms with Gasteiger partial charge < -0.3 is 9.30 Å². The Morgan fingerprint density at radius 3 is 2.86 bits per heavy atom. The standard InChI is InChI=1S/C18H21O2P/c1-20-13-4-6-14-12(11-13)3-5-16-15(14)7-8-18-17(16)9-10-21(18,2)19/h3-6,11,17-18H,7-10H2,1-2H3. The molecule has 1 fully saturated rings. The molecule has 2 aromatic carbocycles. The van der Waals surface area contributed by atoms with Gasteiger partial charge in [-0.1, -0.05) is 18.2 Å². The molecule has 0 saturated carbocycles. The first-order valence-electron chi connectivity index (χ1n) is 7.76. The molecule has 0 spiro atoms. The maximum absolute atomic E-state index is 12.7. The Hall–Kier alpha value is -1.27. The van der Waals surface area contributed by atoms with Crippen LogP contribution >= 0.6 is 7.14 Å². The van der Waals surface area contributed by atoms with Crippen LogP contribution < -0.4 is 4.74 Å². The quantitative estimate of drug-likeness (QED) is 0.717. The summed E-state index contributed by atoms with van der Waals surface area (Å²) in [7, 11) is -0.214. The van der Waals surface area contributed by atoms with Gasteiger partial charge in [0.2, 0.25) is 0 Å². The second-order valence-electron chi connectivity index (χ2n) is 6.62. The fourth-order valence-electron chi connectivity index (χ4n) is 4.41. The summed E-state index contributed by atoms with van der Waals surface area (Å²) in [5.74, 6) is 1.44. The van der Waals surface area contributed by atoms with Crippen LogP contribution in [-0.4, -0.2) is 25.6 Å². The SMILES string of the molecule is COc1ccc2c3c(ccc2c1)C1CCP(C)(=O)C1CC3. The molecule has 2 aromatic rings. The van der Waals surface area contributed by atoms with Gasteiger partial charge in [-0.3, -0.25) is 0 Å². The second kappa shape index (κ2) is 4.61. The van der Waals surface area contributed by atoms with Crippen molar-refractivity contribution in [2.75, 3.05) is 19.9 Å². The number of rotatable bonds is 1. The molecule has 0 N–H and O–H groups in total. The fraction of sp³-hybridized carbons (Fsp3) is 0.444. The minimum Gasteiger partial charge on any atom is -0.497 e. The van der Waals surface area contributed by atoms with E-state index in [1.165, 1.54) is 21.9 Å². The van der Waals surface area contributed by atoms with Gasteiger partial charge in [-0.2, -0.15) is 0 Å². The third-order valence-electron chi connectivity index (χ3n) is 5.51. The zero-order chi connectivity index (χ0) is 14.6. The van der Waals surface area contributed by atoms with Crippen LogP contribution in [0.3, 0.4) is 0 Å². The highest BCUT2D eigenvalue weighted by molar-refractivity contribution is 7.64. The molecule has 110 valence electrons. The Bertz CT molecular complexity index is 765. The highest BCUT2D eigenvalue weighted by Gasteiger charge is 2.44. The summed E-state index contributed by atoms with van der Waals surface area (Å²) in [5, 5.41) is 2.61. The van der Waals surface area contributed by atoms with E-state index in [2.05, 4.69) is 24.3 Å². The van der Waals surface area contributed by atoms with Crippen molar-refractivity contribution < 1.29 is 9.30 Å². The smallest absolute Gasteiger partial charge is 0.119 e. The van der Waals surface area contributed by atoms with Crippen LogP contribution in [-0.2, 0) is 11.0 Å². The van der Waals surface area contributed by atoms with E-state index < -0.39 is 7.14 Å². The van der Waals surface area contributed by atoms with Gasteiger partial charge in [-0.25, -0.2) is 0 Å². The number of ether oxygens (including phenoxy) is 1. The first-order valence-corrected chi connectivity index (χ1v) is 10.2. The average molecular weight is 300 g/mol. The van der Waals surface area contributed by atoms with Crippen molar-refractivity contribution in [1.29, 1.82) is 0 Å². The molecule has 1 saturated heterocycles. The number of benzene rings is 2. The Kier molecular flexibility index (Phi) is 2.94. The van der Waals surface area contributed by atoms with Crippen LogP contribution in [0.1, 0.15) is 29.9 Å². The Balaban J connectivity index is 1.87. The lowest BCUT2D eigenvalue weighted by Crippen LogP contribution is -2.20. The molecule has 2 nitrogen and oxygen atoms in total. The van der Waals surface area contributed by atoms with E-state index >= 15 is 0 Å². The highest BCUT2D eigenvalue weighted by Crippen LogP contribution is 2.63. The number of fused-ring (bicyclic) bond motifs is 5. The lowest BCUT2D eigenvalue weighted by atomic mass is 9.79. The summed E-state index contributed by atoms with van der Waals surface area (Å²) < 4.78 is 18.0. The van der Waals surface area contributed by atoms with Gasteiger partial charge in [-0.15, -0.1) is 0 Å². The lowest BCUT2D eigenvalue weighted by molar-refractivity contribution is 0.415. The third-order valence-corrected chi connectivity index (χ3v) is 8.68. The lowest BCUT2D eigenvalue weighted by Gasteiger charge is -2.31. The average Bonchev–Trinajstić information content (AvgIpc) is 2.82. The van der Waals surface area contributed by atoms with Gasteiger partial charge >= 0.3 is 0 Å². The highest BCUT2D eigenvalue weighted by atomic mass is 31.2. The van der Waals surface area contributed by atoms with Crippen molar-refractivity contribution in [3.8, 4) is 5.75 Å². The van der Waals surface area contributed by atoms with Gasteiger partial charge in [0.25, 0.3) is 0 Å². The maximum Gasteiger partial charge on any atom is 0.119 e. The van der Waals surface area contributed by atoms with Crippen molar-refractivity contribution in [1.82, 2.24) is 0 Å². The first kappa shape index (κ1) is 13.4. The zero-order valence-electron chi connectivity index (χ0n) is 12.6. The summed E-state index contributed by atoms with van der Waals surface area (Å²) >= 11 is 0. The van der Waals surface area contributed by atoms with Crippen molar-refractivity contribution in [2.45, 2.75) is 30.8 Å². The molecule has 0 amide bonds. The molecule has 4 rings (SSSR count). The molecule has 3 unspecified atom stereocenters. The van der Waals surface area contributed by atoms with Gasteiger partial charge in [0.05, 0.1) is 14.3 Å². The minimum absolute atomic E-state index is 0.431. The summed E-state index contributed by atoms with van der Waals surface area (Å²) in [6.45, 7) is 2.02. The van der Waals surface area contributed by atoms with Gasteiger partial charge in [0, 0.05) is 11.8 Å². The van der Waals surface area contributed by atoms with E-state index in [4.69, 9.17) is 4.74 Å². The molecule has 1 heterocycles. The van der Waals surface area contributed by atoms with E-state index in [1.807, 2.05) is 12.7 Å². The third kappa shape index (κ3) is 1.96. The first-order chi connectivity index (χ1) is 10.1. The fourth-order valence-corrected chi connectivity index (χ4v) is 7.27. The summed E-state index contributed by atoms with van der Waals surface area (Å²) in [6.07, 6.45) is 4.20. The van der Waals surface area contributed by atoms with Crippen molar-refractivity contribution in [3.63, 3.8) is 0 Å². The van der Waals surface area contributed by atoms with Gasteiger partial charge in [-0.05, 0) is 65.9 Å². The molecular formula is C18H21O2P. The van der Waals surface area contributed by atoms with Crippen molar-refractivity contribution in [2.24, 2.45) is 0 Å². The minimum atomic E-state index is -1.92. The molecule has 0 aromatic heterocycles. The van der Waals surface area contributed by atoms with E-state index in [-0.39, 0.29) is 0 Å². The van der Waals surface area contributed by atoms with Crippen LogP contribution in [0.2, 0.25) is 0 Å². The normalized spacial score (nSPS) is 31.0. The van der Waals surface area contributed by atoms with Crippen molar-refractivity contribution in [3.05, 3.63) is 41.5 Å². The van der Waals surface area contributed by atoms with E-state index in [1.54, 1.807) is 7.11 Å².